The van der Waals surface area contributed by atoms with Crippen LogP contribution in [0.15, 0.2) is 78.9 Å². The van der Waals surface area contributed by atoms with Gasteiger partial charge in [-0.3, -0.25) is 10.1 Å². The lowest BCUT2D eigenvalue weighted by molar-refractivity contribution is -0.384. The van der Waals surface area contributed by atoms with Crippen LogP contribution in [0.3, 0.4) is 0 Å². The number of nitro benzene ring substituents is 1. The average Bonchev–Trinajstić information content (AvgIpc) is 2.64. The van der Waals surface area contributed by atoms with E-state index in [1.807, 2.05) is 30.3 Å². The van der Waals surface area contributed by atoms with E-state index < -0.39 is 10.9 Å². The van der Waals surface area contributed by atoms with E-state index in [1.54, 1.807) is 12.1 Å². The van der Waals surface area contributed by atoms with Crippen LogP contribution in [0.2, 0.25) is 0 Å². The number of non-ortho nitro benzene ring substituents is 1. The van der Waals surface area contributed by atoms with E-state index in [0.29, 0.717) is 5.75 Å². The Kier molecular flexibility index (Phi) is 4.85. The molecule has 3 aromatic rings. The molecule has 0 N–H and O–H groups in total. The Hall–Kier alpha value is -3.47. The Morgan fingerprint density at radius 3 is 2.04 bits per heavy atom. The summed E-state index contributed by atoms with van der Waals surface area (Å²) >= 11 is 0. The van der Waals surface area contributed by atoms with Gasteiger partial charge < -0.3 is 4.74 Å². The maximum atomic E-state index is 12.1. The average molecular weight is 333 g/mol. The SMILES string of the molecule is O=C(Oc1ccc(Cc2ccccc2)cc1)c1ccc([N+](=O)[O-])cc1. The molecule has 0 aliphatic carbocycles. The lowest BCUT2D eigenvalue weighted by Gasteiger charge is -2.06. The van der Waals surface area contributed by atoms with Crippen LogP contribution < -0.4 is 4.74 Å². The topological polar surface area (TPSA) is 69.4 Å². The van der Waals surface area contributed by atoms with Gasteiger partial charge in [0, 0.05) is 12.1 Å². The second kappa shape index (κ2) is 7.40. The van der Waals surface area contributed by atoms with Crippen LogP contribution in [-0.4, -0.2) is 10.9 Å². The van der Waals surface area contributed by atoms with E-state index in [0.717, 1.165) is 12.0 Å². The van der Waals surface area contributed by atoms with Crippen molar-refractivity contribution in [2.75, 3.05) is 0 Å². The zero-order chi connectivity index (χ0) is 17.6. The number of hydrogen-bond donors (Lipinski definition) is 0. The second-order valence-corrected chi connectivity index (χ2v) is 5.50. The van der Waals surface area contributed by atoms with Gasteiger partial charge >= 0.3 is 5.97 Å². The molecule has 0 aromatic heterocycles. The molecule has 0 radical (unpaired) electrons. The molecule has 0 saturated carbocycles. The highest BCUT2D eigenvalue weighted by atomic mass is 16.6. The minimum Gasteiger partial charge on any atom is -0.423 e. The lowest BCUT2D eigenvalue weighted by atomic mass is 10.1. The summed E-state index contributed by atoms with van der Waals surface area (Å²) in [6, 6.07) is 22.7. The first-order chi connectivity index (χ1) is 12.1. The minimum absolute atomic E-state index is 0.0678. The molecule has 0 spiro atoms. The molecule has 124 valence electrons. The fraction of sp³-hybridized carbons (Fsp3) is 0.0500. The Morgan fingerprint density at radius 1 is 0.840 bits per heavy atom. The molecule has 3 aromatic carbocycles. The molecule has 0 heterocycles. The van der Waals surface area contributed by atoms with Crippen LogP contribution in [0.25, 0.3) is 0 Å². The highest BCUT2D eigenvalue weighted by molar-refractivity contribution is 5.91. The number of ether oxygens (including phenoxy) is 1. The molecule has 0 aliphatic heterocycles. The number of nitrogens with zero attached hydrogens (tertiary/aromatic N) is 1. The Bertz CT molecular complexity index is 872. The standard InChI is InChI=1S/C20H15NO4/c22-20(17-8-10-18(11-9-17)21(23)24)25-19-12-6-16(7-13-19)14-15-4-2-1-3-5-15/h1-13H,14H2. The van der Waals surface area contributed by atoms with Crippen molar-refractivity contribution in [1.29, 1.82) is 0 Å². The van der Waals surface area contributed by atoms with Crippen molar-refractivity contribution in [3.63, 3.8) is 0 Å². The van der Waals surface area contributed by atoms with E-state index >= 15 is 0 Å². The lowest BCUT2D eigenvalue weighted by Crippen LogP contribution is -2.08. The third-order valence-electron chi connectivity index (χ3n) is 3.70. The Morgan fingerprint density at radius 2 is 1.44 bits per heavy atom. The van der Waals surface area contributed by atoms with Gasteiger partial charge in [0.15, 0.2) is 0 Å². The van der Waals surface area contributed by atoms with Crippen LogP contribution in [0.1, 0.15) is 21.5 Å². The molecule has 0 fully saturated rings. The van der Waals surface area contributed by atoms with Crippen molar-refractivity contribution in [3.05, 3.63) is 106 Å². The predicted molar refractivity (Wildman–Crippen MR) is 93.7 cm³/mol. The van der Waals surface area contributed by atoms with Gasteiger partial charge in [0.2, 0.25) is 0 Å². The fourth-order valence-electron chi connectivity index (χ4n) is 2.39. The van der Waals surface area contributed by atoms with Gasteiger partial charge in [0.1, 0.15) is 5.75 Å². The number of benzene rings is 3. The van der Waals surface area contributed by atoms with Crippen molar-refractivity contribution in [3.8, 4) is 5.75 Å². The van der Waals surface area contributed by atoms with Crippen LogP contribution in [0.4, 0.5) is 5.69 Å². The highest BCUT2D eigenvalue weighted by Crippen LogP contribution is 2.18. The smallest absolute Gasteiger partial charge is 0.343 e. The number of carbonyl (C=O) groups is 1. The Labute approximate surface area is 144 Å². The first kappa shape index (κ1) is 16.4. The highest BCUT2D eigenvalue weighted by Gasteiger charge is 2.11. The second-order valence-electron chi connectivity index (χ2n) is 5.50. The minimum atomic E-state index is -0.550. The zero-order valence-corrected chi connectivity index (χ0v) is 13.3. The first-order valence-electron chi connectivity index (χ1n) is 7.71. The van der Waals surface area contributed by atoms with E-state index in [-0.39, 0.29) is 11.3 Å². The number of hydrogen-bond acceptors (Lipinski definition) is 4. The fourth-order valence-corrected chi connectivity index (χ4v) is 2.39. The van der Waals surface area contributed by atoms with Crippen LogP contribution in [0, 0.1) is 10.1 Å². The van der Waals surface area contributed by atoms with Crippen LogP contribution in [0.5, 0.6) is 5.75 Å². The number of esters is 1. The summed E-state index contributed by atoms with van der Waals surface area (Å²) in [4.78, 5) is 22.2. The number of rotatable bonds is 5. The molecule has 5 nitrogen and oxygen atoms in total. The monoisotopic (exact) mass is 333 g/mol. The van der Waals surface area contributed by atoms with Crippen LogP contribution >= 0.6 is 0 Å². The van der Waals surface area contributed by atoms with Crippen molar-refractivity contribution in [2.45, 2.75) is 6.42 Å². The molecule has 25 heavy (non-hydrogen) atoms. The normalized spacial score (nSPS) is 10.2. The summed E-state index contributed by atoms with van der Waals surface area (Å²) in [7, 11) is 0. The maximum absolute atomic E-state index is 12.1. The van der Waals surface area contributed by atoms with Crippen molar-refractivity contribution < 1.29 is 14.5 Å². The molecule has 0 saturated heterocycles. The molecular formula is C20H15NO4. The molecule has 0 bridgehead atoms. The van der Waals surface area contributed by atoms with Gasteiger partial charge in [-0.25, -0.2) is 4.79 Å². The third kappa shape index (κ3) is 4.29. The van der Waals surface area contributed by atoms with Crippen molar-refractivity contribution >= 4 is 11.7 Å². The molecular weight excluding hydrogens is 318 g/mol. The quantitative estimate of drug-likeness (QED) is 0.300. The molecule has 0 atom stereocenters. The predicted octanol–water partition coefficient (Wildman–Crippen LogP) is 4.40. The van der Waals surface area contributed by atoms with Gasteiger partial charge in [-0.15, -0.1) is 0 Å². The molecule has 3 rings (SSSR count). The van der Waals surface area contributed by atoms with Gasteiger partial charge in [-0.05, 0) is 41.8 Å². The van der Waals surface area contributed by atoms with Crippen LogP contribution in [-0.2, 0) is 6.42 Å². The van der Waals surface area contributed by atoms with Gasteiger partial charge in [0.25, 0.3) is 5.69 Å². The van der Waals surface area contributed by atoms with Crippen molar-refractivity contribution in [1.82, 2.24) is 0 Å². The van der Waals surface area contributed by atoms with Crippen molar-refractivity contribution in [2.24, 2.45) is 0 Å². The zero-order valence-electron chi connectivity index (χ0n) is 13.3. The molecule has 0 amide bonds. The van der Waals surface area contributed by atoms with E-state index in [1.165, 1.54) is 29.8 Å². The summed E-state index contributed by atoms with van der Waals surface area (Å²) in [5, 5.41) is 10.6. The van der Waals surface area contributed by atoms with Gasteiger partial charge in [0.05, 0.1) is 10.5 Å². The molecule has 5 heteroatoms. The summed E-state index contributed by atoms with van der Waals surface area (Å²) in [6.07, 6.45) is 0.803. The number of carbonyl (C=O) groups excluding carboxylic acids is 1. The van der Waals surface area contributed by atoms with E-state index in [4.69, 9.17) is 4.74 Å². The third-order valence-corrected chi connectivity index (χ3v) is 3.70. The summed E-state index contributed by atoms with van der Waals surface area (Å²) in [6.45, 7) is 0. The van der Waals surface area contributed by atoms with Gasteiger partial charge in [-0.2, -0.15) is 0 Å². The number of nitro groups is 1. The Balaban J connectivity index is 1.64. The summed E-state index contributed by atoms with van der Waals surface area (Å²) in [5.41, 5.74) is 2.51. The molecule has 0 unspecified atom stereocenters. The molecule has 0 aliphatic rings. The van der Waals surface area contributed by atoms with E-state index in [2.05, 4.69) is 12.1 Å². The largest absolute Gasteiger partial charge is 0.423 e. The summed E-state index contributed by atoms with van der Waals surface area (Å²) in [5.74, 6) is -0.120. The van der Waals surface area contributed by atoms with Gasteiger partial charge in [-0.1, -0.05) is 42.5 Å². The first-order valence-corrected chi connectivity index (χ1v) is 7.71. The maximum Gasteiger partial charge on any atom is 0.343 e. The summed E-state index contributed by atoms with van der Waals surface area (Å²) < 4.78 is 5.30. The van der Waals surface area contributed by atoms with E-state index in [9.17, 15) is 14.9 Å².